The zero-order valence-corrected chi connectivity index (χ0v) is 13.1. The van der Waals surface area contributed by atoms with Gasteiger partial charge in [-0.15, -0.1) is 0 Å². The number of sulfone groups is 1. The largest absolute Gasteiger partial charge is 0.372 e. The number of hydrogen-bond donors (Lipinski definition) is 2. The molecule has 7 nitrogen and oxygen atoms in total. The van der Waals surface area contributed by atoms with Gasteiger partial charge in [0.05, 0.1) is 10.6 Å². The Hall–Kier alpha value is -1.93. The molecule has 1 rings (SSSR count). The minimum absolute atomic E-state index is 0.0928. The van der Waals surface area contributed by atoms with E-state index < -0.39 is 27.7 Å². The molecule has 0 heterocycles. The Labute approximate surface area is 129 Å². The maximum absolute atomic E-state index is 12.1. The van der Waals surface area contributed by atoms with E-state index in [0.717, 1.165) is 0 Å². The fourth-order valence-corrected chi connectivity index (χ4v) is 3.09. The Morgan fingerprint density at radius 1 is 1.27 bits per heavy atom. The summed E-state index contributed by atoms with van der Waals surface area (Å²) in [4.78, 5) is 23.0. The molecule has 0 aromatic heterocycles. The maximum Gasteiger partial charge on any atom is 0.246 e. The molecule has 1 aromatic rings. The Morgan fingerprint density at radius 3 is 2.45 bits per heavy atom. The first-order valence-electron chi connectivity index (χ1n) is 6.81. The molecule has 0 bridgehead atoms. The monoisotopic (exact) mass is 328 g/mol. The highest BCUT2D eigenvalue weighted by molar-refractivity contribution is 7.91. The van der Waals surface area contributed by atoms with Crippen LogP contribution in [0.2, 0.25) is 0 Å². The van der Waals surface area contributed by atoms with Crippen molar-refractivity contribution in [2.75, 3.05) is 19.0 Å². The molecule has 122 valence electrons. The average Bonchev–Trinajstić information content (AvgIpc) is 2.50. The average molecular weight is 328 g/mol. The molecule has 22 heavy (non-hydrogen) atoms. The lowest BCUT2D eigenvalue weighted by atomic mass is 10.2. The molecule has 0 aliphatic rings. The van der Waals surface area contributed by atoms with Crippen LogP contribution in [0.15, 0.2) is 35.2 Å². The first kappa shape index (κ1) is 18.1. The molecule has 0 spiro atoms. The van der Waals surface area contributed by atoms with Crippen molar-refractivity contribution in [3.8, 4) is 0 Å². The third kappa shape index (κ3) is 5.82. The number of benzene rings is 1. The van der Waals surface area contributed by atoms with E-state index in [1.54, 1.807) is 25.1 Å². The lowest BCUT2D eigenvalue weighted by molar-refractivity contribution is -0.130. The van der Waals surface area contributed by atoms with E-state index in [9.17, 15) is 18.0 Å². The van der Waals surface area contributed by atoms with Crippen molar-refractivity contribution in [2.24, 2.45) is 5.73 Å². The number of amides is 2. The highest BCUT2D eigenvalue weighted by atomic mass is 32.2. The van der Waals surface area contributed by atoms with Crippen molar-refractivity contribution < 1.29 is 22.7 Å². The molecule has 8 heteroatoms. The lowest BCUT2D eigenvalue weighted by Crippen LogP contribution is -2.46. The summed E-state index contributed by atoms with van der Waals surface area (Å²) in [6.07, 6.45) is -0.0928. The van der Waals surface area contributed by atoms with Crippen molar-refractivity contribution >= 4 is 21.7 Å². The molecule has 0 aliphatic carbocycles. The Kier molecular flexibility index (Phi) is 7.00. The van der Waals surface area contributed by atoms with Crippen molar-refractivity contribution in [3.63, 3.8) is 0 Å². The van der Waals surface area contributed by atoms with Gasteiger partial charge in [-0.2, -0.15) is 0 Å². The van der Waals surface area contributed by atoms with Crippen molar-refractivity contribution in [2.45, 2.75) is 24.3 Å². The quantitative estimate of drug-likeness (QED) is 0.654. The number of ether oxygens (including phenoxy) is 1. The summed E-state index contributed by atoms with van der Waals surface area (Å²) in [5.74, 6) is -1.59. The van der Waals surface area contributed by atoms with Crippen LogP contribution in [0.5, 0.6) is 0 Å². The normalized spacial score (nSPS) is 12.6. The molecule has 2 amide bonds. The number of nitrogens with one attached hydrogen (secondary N) is 1. The van der Waals surface area contributed by atoms with Crippen LogP contribution in [0.1, 0.15) is 13.3 Å². The summed E-state index contributed by atoms with van der Waals surface area (Å²) >= 11 is 0. The zero-order chi connectivity index (χ0) is 16.6. The minimum atomic E-state index is -3.53. The third-order valence-electron chi connectivity index (χ3n) is 2.89. The molecule has 0 saturated carbocycles. The van der Waals surface area contributed by atoms with Gasteiger partial charge in [-0.25, -0.2) is 8.42 Å². The van der Waals surface area contributed by atoms with E-state index in [0.29, 0.717) is 6.61 Å². The topological polar surface area (TPSA) is 116 Å². The number of nitrogens with two attached hydrogens (primary N) is 1. The smallest absolute Gasteiger partial charge is 0.246 e. The summed E-state index contributed by atoms with van der Waals surface area (Å²) in [6, 6.07) is 6.83. The van der Waals surface area contributed by atoms with E-state index in [2.05, 4.69) is 5.32 Å². The molecule has 0 unspecified atom stereocenters. The van der Waals surface area contributed by atoms with E-state index in [1.807, 2.05) is 0 Å². The van der Waals surface area contributed by atoms with Gasteiger partial charge in [0, 0.05) is 6.61 Å². The van der Waals surface area contributed by atoms with Gasteiger partial charge in [0.15, 0.2) is 9.84 Å². The number of hydrogen-bond acceptors (Lipinski definition) is 5. The van der Waals surface area contributed by atoms with E-state index in [4.69, 9.17) is 10.5 Å². The van der Waals surface area contributed by atoms with Crippen LogP contribution in [-0.2, 0) is 24.2 Å². The van der Waals surface area contributed by atoms with Crippen LogP contribution in [0.25, 0.3) is 0 Å². The summed E-state index contributed by atoms with van der Waals surface area (Å²) in [6.45, 7) is 1.88. The number of primary amides is 1. The number of carbonyl (C=O) groups is 2. The van der Waals surface area contributed by atoms with Gasteiger partial charge in [-0.3, -0.25) is 9.59 Å². The first-order valence-corrected chi connectivity index (χ1v) is 8.46. The second kappa shape index (κ2) is 8.50. The van der Waals surface area contributed by atoms with E-state index >= 15 is 0 Å². The fourth-order valence-electron chi connectivity index (χ4n) is 1.73. The maximum atomic E-state index is 12.1. The van der Waals surface area contributed by atoms with Gasteiger partial charge in [0.25, 0.3) is 0 Å². The zero-order valence-electron chi connectivity index (χ0n) is 12.3. The first-order chi connectivity index (χ1) is 10.4. The Balaban J connectivity index is 2.65. The third-order valence-corrected chi connectivity index (χ3v) is 4.66. The summed E-state index contributed by atoms with van der Waals surface area (Å²) in [7, 11) is -3.53. The van der Waals surface area contributed by atoms with Gasteiger partial charge < -0.3 is 15.8 Å². The van der Waals surface area contributed by atoms with Crippen LogP contribution in [0, 0.1) is 0 Å². The van der Waals surface area contributed by atoms with Gasteiger partial charge in [-0.1, -0.05) is 18.2 Å². The van der Waals surface area contributed by atoms with Crippen molar-refractivity contribution in [3.05, 3.63) is 30.3 Å². The summed E-state index contributed by atoms with van der Waals surface area (Å²) in [5, 5.41) is 2.37. The number of rotatable bonds is 9. The number of carbonyl (C=O) groups excluding carboxylic acids is 2. The minimum Gasteiger partial charge on any atom is -0.372 e. The van der Waals surface area contributed by atoms with Crippen LogP contribution >= 0.6 is 0 Å². The lowest BCUT2D eigenvalue weighted by Gasteiger charge is -2.15. The predicted molar refractivity (Wildman–Crippen MR) is 80.7 cm³/mol. The molecule has 3 N–H and O–H groups in total. The van der Waals surface area contributed by atoms with Crippen LogP contribution < -0.4 is 11.1 Å². The second-order valence-corrected chi connectivity index (χ2v) is 6.69. The van der Waals surface area contributed by atoms with E-state index in [-0.39, 0.29) is 23.7 Å². The molecule has 1 atom stereocenters. The van der Waals surface area contributed by atoms with Crippen LogP contribution in [0.3, 0.4) is 0 Å². The van der Waals surface area contributed by atoms with Gasteiger partial charge in [0.2, 0.25) is 11.8 Å². The summed E-state index contributed by atoms with van der Waals surface area (Å²) in [5.41, 5.74) is 5.19. The molecule has 1 aromatic carbocycles. The molecular formula is C14H20N2O5S. The second-order valence-electron chi connectivity index (χ2n) is 4.58. The van der Waals surface area contributed by atoms with Crippen molar-refractivity contribution in [1.82, 2.24) is 5.32 Å². The highest BCUT2D eigenvalue weighted by Crippen LogP contribution is 2.12. The Bertz CT molecular complexity index is 601. The van der Waals surface area contributed by atoms with Gasteiger partial charge >= 0.3 is 0 Å². The standard InChI is InChI=1S/C14H20N2O5S/c1-2-21-10-13(17)16-12(14(15)18)8-9-22(19,20)11-6-4-3-5-7-11/h3-7,12H,2,8-10H2,1H3,(H2,15,18)(H,16,17)/t12-/m0/s1. The highest BCUT2D eigenvalue weighted by Gasteiger charge is 2.22. The van der Waals surface area contributed by atoms with E-state index in [1.165, 1.54) is 12.1 Å². The van der Waals surface area contributed by atoms with Crippen LogP contribution in [0.4, 0.5) is 0 Å². The van der Waals surface area contributed by atoms with Crippen molar-refractivity contribution in [1.29, 1.82) is 0 Å². The fraction of sp³-hybridized carbons (Fsp3) is 0.429. The predicted octanol–water partition coefficient (Wildman–Crippen LogP) is -0.143. The molecular weight excluding hydrogens is 308 g/mol. The molecule has 0 aliphatic heterocycles. The molecule has 0 saturated heterocycles. The van der Waals surface area contributed by atoms with Crippen LogP contribution in [-0.4, -0.2) is 45.2 Å². The van der Waals surface area contributed by atoms with Gasteiger partial charge in [-0.05, 0) is 25.5 Å². The Morgan fingerprint density at radius 2 is 1.91 bits per heavy atom. The van der Waals surface area contributed by atoms with Gasteiger partial charge in [0.1, 0.15) is 12.6 Å². The molecule has 0 radical (unpaired) electrons. The SMILES string of the molecule is CCOCC(=O)N[C@@H](CCS(=O)(=O)c1ccccc1)C(N)=O. The molecule has 0 fully saturated rings. The summed E-state index contributed by atoms with van der Waals surface area (Å²) < 4.78 is 29.2.